The van der Waals surface area contributed by atoms with Crippen LogP contribution < -0.4 is 14.8 Å². The summed E-state index contributed by atoms with van der Waals surface area (Å²) in [5.41, 5.74) is 1.30. The van der Waals surface area contributed by atoms with Gasteiger partial charge in [0.05, 0.1) is 23.8 Å². The molecular formula is C18H17ClN2O3. The summed E-state index contributed by atoms with van der Waals surface area (Å²) in [5, 5.41) is 11.9. The van der Waals surface area contributed by atoms with Crippen molar-refractivity contribution in [1.29, 1.82) is 5.26 Å². The first-order valence-electron chi connectivity index (χ1n) is 7.49. The molecule has 1 amide bonds. The molecule has 0 saturated heterocycles. The van der Waals surface area contributed by atoms with Crippen LogP contribution in [0.3, 0.4) is 0 Å². The second-order valence-corrected chi connectivity index (χ2v) is 5.20. The molecule has 0 aliphatic carbocycles. The maximum atomic E-state index is 12.4. The van der Waals surface area contributed by atoms with Crippen LogP contribution >= 0.6 is 11.6 Å². The predicted molar refractivity (Wildman–Crippen MR) is 92.9 cm³/mol. The number of carbonyl (C=O) groups is 1. The van der Waals surface area contributed by atoms with Crippen molar-refractivity contribution in [3.05, 3.63) is 52.5 Å². The number of rotatable bonds is 6. The Balaban J connectivity index is 2.21. The molecule has 0 radical (unpaired) electrons. The van der Waals surface area contributed by atoms with Crippen molar-refractivity contribution in [1.82, 2.24) is 0 Å². The lowest BCUT2D eigenvalue weighted by atomic mass is 10.1. The third-order valence-corrected chi connectivity index (χ3v) is 3.47. The molecular weight excluding hydrogens is 328 g/mol. The molecule has 5 nitrogen and oxygen atoms in total. The number of nitriles is 1. The van der Waals surface area contributed by atoms with Gasteiger partial charge in [0.1, 0.15) is 6.07 Å². The number of amides is 1. The molecule has 0 saturated carbocycles. The van der Waals surface area contributed by atoms with E-state index in [1.807, 2.05) is 19.9 Å². The van der Waals surface area contributed by atoms with Crippen molar-refractivity contribution < 1.29 is 14.3 Å². The van der Waals surface area contributed by atoms with Gasteiger partial charge in [0.25, 0.3) is 5.91 Å². The van der Waals surface area contributed by atoms with Crippen LogP contribution in [0.15, 0.2) is 36.4 Å². The number of nitrogens with zero attached hydrogens (tertiary/aromatic N) is 1. The summed E-state index contributed by atoms with van der Waals surface area (Å²) < 4.78 is 11.0. The highest BCUT2D eigenvalue weighted by Crippen LogP contribution is 2.29. The van der Waals surface area contributed by atoms with Gasteiger partial charge < -0.3 is 14.8 Å². The maximum Gasteiger partial charge on any atom is 0.255 e. The van der Waals surface area contributed by atoms with E-state index in [9.17, 15) is 4.79 Å². The van der Waals surface area contributed by atoms with Gasteiger partial charge in [0.2, 0.25) is 0 Å². The fourth-order valence-corrected chi connectivity index (χ4v) is 2.30. The second-order valence-electron chi connectivity index (χ2n) is 4.79. The molecule has 0 aliphatic heterocycles. The van der Waals surface area contributed by atoms with Gasteiger partial charge >= 0.3 is 0 Å². The van der Waals surface area contributed by atoms with E-state index in [1.165, 1.54) is 6.07 Å². The van der Waals surface area contributed by atoms with Gasteiger partial charge in [-0.2, -0.15) is 5.26 Å². The molecule has 2 aromatic carbocycles. The number of benzene rings is 2. The molecule has 2 rings (SSSR count). The molecule has 0 aromatic heterocycles. The van der Waals surface area contributed by atoms with E-state index >= 15 is 0 Å². The summed E-state index contributed by atoms with van der Waals surface area (Å²) in [6.07, 6.45) is 0. The molecule has 0 fully saturated rings. The fraction of sp³-hybridized carbons (Fsp3) is 0.222. The number of hydrogen-bond acceptors (Lipinski definition) is 4. The van der Waals surface area contributed by atoms with E-state index in [0.29, 0.717) is 41.5 Å². The van der Waals surface area contributed by atoms with E-state index in [1.54, 1.807) is 30.3 Å². The van der Waals surface area contributed by atoms with E-state index in [4.69, 9.17) is 26.3 Å². The lowest BCUT2D eigenvalue weighted by Crippen LogP contribution is -2.12. The smallest absolute Gasteiger partial charge is 0.255 e. The molecule has 2 aromatic rings. The molecule has 6 heteroatoms. The lowest BCUT2D eigenvalue weighted by Gasteiger charge is -2.12. The Morgan fingerprint density at radius 3 is 2.46 bits per heavy atom. The lowest BCUT2D eigenvalue weighted by molar-refractivity contribution is 0.102. The molecule has 0 aliphatic rings. The van der Waals surface area contributed by atoms with Crippen LogP contribution in [0, 0.1) is 11.3 Å². The summed E-state index contributed by atoms with van der Waals surface area (Å²) in [5.74, 6) is 0.807. The SMILES string of the molecule is CCOc1ccc(C(=O)Nc2ccc(C#N)c(Cl)c2)cc1OCC. The van der Waals surface area contributed by atoms with Gasteiger partial charge in [-0.05, 0) is 50.2 Å². The molecule has 0 atom stereocenters. The van der Waals surface area contributed by atoms with Gasteiger partial charge in [-0.15, -0.1) is 0 Å². The Hall–Kier alpha value is -2.71. The Morgan fingerprint density at radius 1 is 1.12 bits per heavy atom. The average molecular weight is 345 g/mol. The highest BCUT2D eigenvalue weighted by Gasteiger charge is 2.12. The minimum absolute atomic E-state index is 0.289. The van der Waals surface area contributed by atoms with Crippen molar-refractivity contribution >= 4 is 23.2 Å². The first-order valence-corrected chi connectivity index (χ1v) is 7.87. The zero-order valence-corrected chi connectivity index (χ0v) is 14.2. The van der Waals surface area contributed by atoms with Crippen LogP contribution in [-0.2, 0) is 0 Å². The van der Waals surface area contributed by atoms with Crippen LogP contribution in [0.25, 0.3) is 0 Å². The highest BCUT2D eigenvalue weighted by atomic mass is 35.5. The molecule has 0 unspecified atom stereocenters. The summed E-state index contributed by atoms with van der Waals surface area (Å²) in [4.78, 5) is 12.4. The average Bonchev–Trinajstić information content (AvgIpc) is 2.57. The Labute approximate surface area is 145 Å². The number of halogens is 1. The first-order chi connectivity index (χ1) is 11.6. The predicted octanol–water partition coefficient (Wildman–Crippen LogP) is 4.26. The molecule has 24 heavy (non-hydrogen) atoms. The minimum atomic E-state index is -0.306. The standard InChI is InChI=1S/C18H17ClN2O3/c1-3-23-16-8-6-12(9-17(16)24-4-2)18(22)21-14-7-5-13(11-20)15(19)10-14/h5-10H,3-4H2,1-2H3,(H,21,22). The van der Waals surface area contributed by atoms with Crippen LogP contribution in [0.4, 0.5) is 5.69 Å². The monoisotopic (exact) mass is 344 g/mol. The third kappa shape index (κ3) is 4.18. The number of anilines is 1. The summed E-state index contributed by atoms with van der Waals surface area (Å²) in [6.45, 7) is 4.72. The summed E-state index contributed by atoms with van der Waals surface area (Å²) in [6, 6.07) is 11.7. The molecule has 0 bridgehead atoms. The third-order valence-electron chi connectivity index (χ3n) is 3.15. The van der Waals surface area contributed by atoms with E-state index in [2.05, 4.69) is 5.32 Å². The summed E-state index contributed by atoms with van der Waals surface area (Å²) >= 11 is 5.97. The largest absolute Gasteiger partial charge is 0.490 e. The zero-order chi connectivity index (χ0) is 17.5. The van der Waals surface area contributed by atoms with E-state index < -0.39 is 0 Å². The van der Waals surface area contributed by atoms with Crippen molar-refractivity contribution in [2.45, 2.75) is 13.8 Å². The van der Waals surface area contributed by atoms with Gasteiger partial charge in [0.15, 0.2) is 11.5 Å². The van der Waals surface area contributed by atoms with Gasteiger partial charge in [0, 0.05) is 11.3 Å². The van der Waals surface area contributed by atoms with E-state index in [0.717, 1.165) is 0 Å². The number of nitrogens with one attached hydrogen (secondary N) is 1. The van der Waals surface area contributed by atoms with Gasteiger partial charge in [-0.3, -0.25) is 4.79 Å². The van der Waals surface area contributed by atoms with Crippen LogP contribution in [0.1, 0.15) is 29.8 Å². The second kappa shape index (κ2) is 8.23. The maximum absolute atomic E-state index is 12.4. The topological polar surface area (TPSA) is 71.3 Å². The quantitative estimate of drug-likeness (QED) is 0.849. The van der Waals surface area contributed by atoms with Crippen molar-refractivity contribution in [3.8, 4) is 17.6 Å². The van der Waals surface area contributed by atoms with Crippen LogP contribution in [0.2, 0.25) is 5.02 Å². The van der Waals surface area contributed by atoms with Crippen molar-refractivity contribution in [2.75, 3.05) is 18.5 Å². The highest BCUT2D eigenvalue weighted by molar-refractivity contribution is 6.32. The molecule has 1 N–H and O–H groups in total. The number of ether oxygens (including phenoxy) is 2. The molecule has 0 heterocycles. The Kier molecular flexibility index (Phi) is 6.05. The zero-order valence-electron chi connectivity index (χ0n) is 13.4. The van der Waals surface area contributed by atoms with Crippen molar-refractivity contribution in [2.24, 2.45) is 0 Å². The molecule has 0 spiro atoms. The van der Waals surface area contributed by atoms with Crippen LogP contribution in [-0.4, -0.2) is 19.1 Å². The number of carbonyl (C=O) groups excluding carboxylic acids is 1. The normalized spacial score (nSPS) is 9.92. The van der Waals surface area contributed by atoms with Gasteiger partial charge in [-0.1, -0.05) is 11.6 Å². The Morgan fingerprint density at radius 2 is 1.83 bits per heavy atom. The van der Waals surface area contributed by atoms with E-state index in [-0.39, 0.29) is 10.9 Å². The Bertz CT molecular complexity index is 784. The molecule has 124 valence electrons. The van der Waals surface area contributed by atoms with Gasteiger partial charge in [-0.25, -0.2) is 0 Å². The minimum Gasteiger partial charge on any atom is -0.490 e. The van der Waals surface area contributed by atoms with Crippen molar-refractivity contribution in [3.63, 3.8) is 0 Å². The number of hydrogen-bond donors (Lipinski definition) is 1. The van der Waals surface area contributed by atoms with Crippen LogP contribution in [0.5, 0.6) is 11.5 Å². The first kappa shape index (κ1) is 17.6. The summed E-state index contributed by atoms with van der Waals surface area (Å²) in [7, 11) is 0. The fourth-order valence-electron chi connectivity index (χ4n) is 2.08.